The number of halogens is 1. The predicted molar refractivity (Wildman–Crippen MR) is 80.0 cm³/mol. The maximum absolute atomic E-state index is 6.76. The second kappa shape index (κ2) is 5.16. The Morgan fingerprint density at radius 2 is 1.72 bits per heavy atom. The highest BCUT2D eigenvalue weighted by Gasteiger charge is 2.26. The number of rotatable bonds is 2. The van der Waals surface area contributed by atoms with Gasteiger partial charge in [-0.1, -0.05) is 59.7 Å². The van der Waals surface area contributed by atoms with Gasteiger partial charge in [0.15, 0.2) is 0 Å². The van der Waals surface area contributed by atoms with E-state index >= 15 is 0 Å². The average molecular weight is 259 g/mol. The first kappa shape index (κ1) is 13.2. The quantitative estimate of drug-likeness (QED) is 0.633. The van der Waals surface area contributed by atoms with E-state index in [1.54, 1.807) is 0 Å². The third-order valence-electron chi connectivity index (χ3n) is 3.42. The SMILES string of the molecule is CC1=CC=C(C(C)(Cl)c2ccc(C)cc2)C=CC1. The smallest absolute Gasteiger partial charge is 0.0915 e. The lowest BCUT2D eigenvalue weighted by molar-refractivity contribution is 0.820. The fourth-order valence-electron chi connectivity index (χ4n) is 2.07. The molecule has 0 aromatic heterocycles. The molecule has 0 heterocycles. The Morgan fingerprint density at radius 3 is 2.39 bits per heavy atom. The van der Waals surface area contributed by atoms with Crippen molar-refractivity contribution < 1.29 is 0 Å². The van der Waals surface area contributed by atoms with E-state index in [0.717, 1.165) is 17.6 Å². The van der Waals surface area contributed by atoms with Crippen molar-refractivity contribution in [3.05, 3.63) is 70.8 Å². The summed E-state index contributed by atoms with van der Waals surface area (Å²) in [6.45, 7) is 6.29. The Labute approximate surface area is 115 Å². The third-order valence-corrected chi connectivity index (χ3v) is 3.86. The van der Waals surface area contributed by atoms with E-state index in [1.807, 2.05) is 0 Å². The van der Waals surface area contributed by atoms with Crippen LogP contribution >= 0.6 is 11.6 Å². The van der Waals surface area contributed by atoms with Crippen molar-refractivity contribution in [1.29, 1.82) is 0 Å². The molecule has 0 saturated heterocycles. The first-order chi connectivity index (χ1) is 8.50. The molecule has 1 aromatic rings. The van der Waals surface area contributed by atoms with Gasteiger partial charge in [0.05, 0.1) is 4.87 Å². The minimum Gasteiger partial charge on any atom is -0.109 e. The largest absolute Gasteiger partial charge is 0.109 e. The van der Waals surface area contributed by atoms with Crippen molar-refractivity contribution in [3.63, 3.8) is 0 Å². The van der Waals surface area contributed by atoms with Gasteiger partial charge in [0.2, 0.25) is 0 Å². The van der Waals surface area contributed by atoms with E-state index in [0.29, 0.717) is 0 Å². The summed E-state index contributed by atoms with van der Waals surface area (Å²) in [6, 6.07) is 8.44. The van der Waals surface area contributed by atoms with Gasteiger partial charge in [-0.05, 0) is 38.3 Å². The molecule has 0 bridgehead atoms. The van der Waals surface area contributed by atoms with Crippen molar-refractivity contribution in [3.8, 4) is 0 Å². The molecule has 1 atom stereocenters. The number of hydrogen-bond donors (Lipinski definition) is 0. The summed E-state index contributed by atoms with van der Waals surface area (Å²) >= 11 is 6.76. The molecule has 1 aliphatic carbocycles. The molecule has 0 fully saturated rings. The first-order valence-electron chi connectivity index (χ1n) is 6.30. The Hall–Kier alpha value is -1.27. The maximum Gasteiger partial charge on any atom is 0.0915 e. The van der Waals surface area contributed by atoms with Crippen LogP contribution in [0.3, 0.4) is 0 Å². The van der Waals surface area contributed by atoms with E-state index in [-0.39, 0.29) is 0 Å². The van der Waals surface area contributed by atoms with Gasteiger partial charge in [-0.15, -0.1) is 11.6 Å². The zero-order valence-corrected chi connectivity index (χ0v) is 12.0. The van der Waals surface area contributed by atoms with Crippen LogP contribution in [0.25, 0.3) is 0 Å². The van der Waals surface area contributed by atoms with E-state index in [2.05, 4.69) is 69.3 Å². The average Bonchev–Trinajstić information content (AvgIpc) is 2.55. The Bertz CT molecular complexity index is 513. The maximum atomic E-state index is 6.76. The van der Waals surface area contributed by atoms with Crippen molar-refractivity contribution in [2.24, 2.45) is 0 Å². The highest BCUT2D eigenvalue weighted by molar-refractivity contribution is 6.26. The van der Waals surface area contributed by atoms with Crippen LogP contribution in [0.1, 0.15) is 31.4 Å². The lowest BCUT2D eigenvalue weighted by atomic mass is 9.91. The summed E-state index contributed by atoms with van der Waals surface area (Å²) < 4.78 is 0. The molecule has 94 valence electrons. The van der Waals surface area contributed by atoms with Crippen molar-refractivity contribution >= 4 is 11.6 Å². The third kappa shape index (κ3) is 2.76. The van der Waals surface area contributed by atoms with Gasteiger partial charge >= 0.3 is 0 Å². The van der Waals surface area contributed by atoms with Gasteiger partial charge in [-0.25, -0.2) is 0 Å². The summed E-state index contributed by atoms with van der Waals surface area (Å²) in [5.41, 5.74) is 4.90. The van der Waals surface area contributed by atoms with Gasteiger partial charge < -0.3 is 0 Å². The van der Waals surface area contributed by atoms with Gasteiger partial charge in [0.1, 0.15) is 0 Å². The van der Waals surface area contributed by atoms with E-state index in [9.17, 15) is 0 Å². The summed E-state index contributed by atoms with van der Waals surface area (Å²) in [6.07, 6.45) is 9.61. The Morgan fingerprint density at radius 1 is 1.06 bits per heavy atom. The molecule has 1 aliphatic rings. The second-order valence-corrected chi connectivity index (χ2v) is 5.87. The van der Waals surface area contributed by atoms with E-state index < -0.39 is 4.87 Å². The molecular formula is C17H19Cl. The molecule has 0 radical (unpaired) electrons. The van der Waals surface area contributed by atoms with Crippen LogP contribution in [0.4, 0.5) is 0 Å². The lowest BCUT2D eigenvalue weighted by Crippen LogP contribution is -2.15. The molecule has 1 unspecified atom stereocenters. The summed E-state index contributed by atoms with van der Waals surface area (Å²) in [7, 11) is 0. The van der Waals surface area contributed by atoms with Crippen LogP contribution in [-0.2, 0) is 4.87 Å². The summed E-state index contributed by atoms with van der Waals surface area (Å²) in [5.74, 6) is 0. The van der Waals surface area contributed by atoms with Crippen LogP contribution in [0.2, 0.25) is 0 Å². The number of allylic oxidation sites excluding steroid dienone is 6. The lowest BCUT2D eigenvalue weighted by Gasteiger charge is -2.24. The van der Waals surface area contributed by atoms with Crippen LogP contribution in [0.15, 0.2) is 59.7 Å². The Kier molecular flexibility index (Phi) is 3.77. The molecular weight excluding hydrogens is 240 g/mol. The minimum absolute atomic E-state index is 0.467. The second-order valence-electron chi connectivity index (χ2n) is 5.11. The van der Waals surface area contributed by atoms with Gasteiger partial charge in [-0.2, -0.15) is 0 Å². The number of hydrogen-bond acceptors (Lipinski definition) is 0. The van der Waals surface area contributed by atoms with Crippen LogP contribution in [-0.4, -0.2) is 0 Å². The molecule has 2 rings (SSSR count). The van der Waals surface area contributed by atoms with Crippen molar-refractivity contribution in [1.82, 2.24) is 0 Å². The zero-order chi connectivity index (χ0) is 13.2. The molecule has 0 saturated carbocycles. The van der Waals surface area contributed by atoms with Crippen molar-refractivity contribution in [2.45, 2.75) is 32.1 Å². The molecule has 1 heteroatoms. The first-order valence-corrected chi connectivity index (χ1v) is 6.68. The number of alkyl halides is 1. The number of aryl methyl sites for hydroxylation is 1. The molecule has 0 N–H and O–H groups in total. The monoisotopic (exact) mass is 258 g/mol. The van der Waals surface area contributed by atoms with Gasteiger partial charge in [-0.3, -0.25) is 0 Å². The van der Waals surface area contributed by atoms with Gasteiger partial charge in [0.25, 0.3) is 0 Å². The molecule has 0 spiro atoms. The van der Waals surface area contributed by atoms with Crippen LogP contribution in [0, 0.1) is 6.92 Å². The van der Waals surface area contributed by atoms with Gasteiger partial charge in [0, 0.05) is 0 Å². The molecule has 18 heavy (non-hydrogen) atoms. The fraction of sp³-hybridized carbons (Fsp3) is 0.294. The zero-order valence-electron chi connectivity index (χ0n) is 11.2. The van der Waals surface area contributed by atoms with E-state index in [1.165, 1.54) is 11.1 Å². The summed E-state index contributed by atoms with van der Waals surface area (Å²) in [4.78, 5) is -0.467. The fourth-order valence-corrected chi connectivity index (χ4v) is 2.33. The van der Waals surface area contributed by atoms with Crippen molar-refractivity contribution in [2.75, 3.05) is 0 Å². The molecule has 0 amide bonds. The molecule has 0 nitrogen and oxygen atoms in total. The normalized spacial score (nSPS) is 18.7. The predicted octanol–water partition coefficient (Wildman–Crippen LogP) is 5.28. The van der Waals surface area contributed by atoms with Crippen LogP contribution in [0.5, 0.6) is 0 Å². The standard InChI is InChI=1S/C17H19Cl/c1-13-5-4-6-15(10-7-13)17(3,18)16-11-8-14(2)9-12-16/h4,6-12H,5H2,1-3H3. The Balaban J connectivity index is 2.39. The topological polar surface area (TPSA) is 0 Å². The highest BCUT2D eigenvalue weighted by atomic mass is 35.5. The number of benzene rings is 1. The summed E-state index contributed by atoms with van der Waals surface area (Å²) in [5, 5.41) is 0. The molecule has 1 aromatic carbocycles. The highest BCUT2D eigenvalue weighted by Crippen LogP contribution is 2.38. The molecule has 0 aliphatic heterocycles. The van der Waals surface area contributed by atoms with Crippen LogP contribution < -0.4 is 0 Å². The van der Waals surface area contributed by atoms with E-state index in [4.69, 9.17) is 11.6 Å². The minimum atomic E-state index is -0.467.